The van der Waals surface area contributed by atoms with Crippen LogP contribution in [-0.2, 0) is 4.74 Å². The van der Waals surface area contributed by atoms with Gasteiger partial charge in [0.25, 0.3) is 0 Å². The first-order valence-corrected chi connectivity index (χ1v) is 11.9. The molecule has 172 valence electrons. The number of nitrogens with one attached hydrogen (secondary N) is 2. The summed E-state index contributed by atoms with van der Waals surface area (Å²) < 4.78 is 5.57. The number of hydrogen-bond acceptors (Lipinski definition) is 4. The minimum atomic E-state index is -0.399. The van der Waals surface area contributed by atoms with Gasteiger partial charge in [0.1, 0.15) is 6.61 Å². The van der Waals surface area contributed by atoms with E-state index in [-0.39, 0.29) is 5.92 Å². The first kappa shape index (κ1) is 22.1. The molecule has 3 aromatic rings. The molecule has 0 aromatic heterocycles. The number of carbonyl (C=O) groups is 1. The topological polar surface area (TPSA) is 53.6 Å². The van der Waals surface area contributed by atoms with E-state index in [4.69, 9.17) is 4.74 Å². The molecular formula is C29H29N3O2. The van der Waals surface area contributed by atoms with Crippen molar-refractivity contribution in [3.63, 3.8) is 0 Å². The van der Waals surface area contributed by atoms with E-state index in [1.54, 1.807) is 0 Å². The number of anilines is 1. The highest BCUT2D eigenvalue weighted by Crippen LogP contribution is 2.44. The number of hydrogen-bond donors (Lipinski definition) is 2. The first-order chi connectivity index (χ1) is 16.8. The van der Waals surface area contributed by atoms with Gasteiger partial charge in [0.15, 0.2) is 0 Å². The zero-order chi connectivity index (χ0) is 23.2. The van der Waals surface area contributed by atoms with Crippen molar-refractivity contribution < 1.29 is 9.53 Å². The van der Waals surface area contributed by atoms with Crippen molar-refractivity contribution in [2.45, 2.75) is 12.3 Å². The van der Waals surface area contributed by atoms with E-state index in [1.807, 2.05) is 24.3 Å². The van der Waals surface area contributed by atoms with Gasteiger partial charge in [-0.05, 0) is 46.5 Å². The maximum atomic E-state index is 12.3. The van der Waals surface area contributed by atoms with E-state index >= 15 is 0 Å². The Bertz CT molecular complexity index is 1160. The maximum absolute atomic E-state index is 12.3. The van der Waals surface area contributed by atoms with Crippen LogP contribution in [0.1, 0.15) is 29.0 Å². The lowest BCUT2D eigenvalue weighted by atomic mass is 9.98. The Balaban J connectivity index is 1.08. The van der Waals surface area contributed by atoms with E-state index in [1.165, 1.54) is 27.9 Å². The molecule has 3 aromatic carbocycles. The smallest absolute Gasteiger partial charge is 0.407 e. The van der Waals surface area contributed by atoms with E-state index in [0.717, 1.165) is 31.7 Å². The summed E-state index contributed by atoms with van der Waals surface area (Å²) in [6.45, 7) is 4.91. The normalized spacial score (nSPS) is 14.5. The van der Waals surface area contributed by atoms with Crippen LogP contribution in [0.3, 0.4) is 0 Å². The molecule has 0 atom stereocenters. The molecule has 34 heavy (non-hydrogen) atoms. The Morgan fingerprint density at radius 3 is 2.26 bits per heavy atom. The molecule has 2 N–H and O–H groups in total. The number of amides is 1. The number of rotatable bonds is 5. The van der Waals surface area contributed by atoms with Gasteiger partial charge in [-0.3, -0.25) is 0 Å². The molecule has 5 heteroatoms. The number of fused-ring (bicyclic) bond motifs is 3. The maximum Gasteiger partial charge on any atom is 0.407 e. The molecule has 0 saturated carbocycles. The van der Waals surface area contributed by atoms with Crippen molar-refractivity contribution in [3.05, 3.63) is 89.5 Å². The van der Waals surface area contributed by atoms with Crippen molar-refractivity contribution in [2.75, 3.05) is 44.2 Å². The highest BCUT2D eigenvalue weighted by Gasteiger charge is 2.28. The van der Waals surface area contributed by atoms with Gasteiger partial charge in [0, 0.05) is 56.3 Å². The fraction of sp³-hybridized carbons (Fsp3) is 0.276. The Labute approximate surface area is 201 Å². The molecular weight excluding hydrogens is 422 g/mol. The average molecular weight is 452 g/mol. The van der Waals surface area contributed by atoms with Crippen molar-refractivity contribution in [3.8, 4) is 23.0 Å². The van der Waals surface area contributed by atoms with Crippen LogP contribution in [0.25, 0.3) is 11.1 Å². The van der Waals surface area contributed by atoms with Crippen LogP contribution in [0.15, 0.2) is 72.8 Å². The standard InChI is InChI=1S/C29H29N3O2/c33-29(34-21-28-26-10-3-1-8-24(26)25-9-2-4-11-27(25)28)31-16-6-5-7-22-12-14-23(15-13-22)32-19-17-30-18-20-32/h1-4,8-15,28,30H,6,16-21H2,(H,31,33). The second-order valence-corrected chi connectivity index (χ2v) is 8.59. The molecule has 1 aliphatic carbocycles. The van der Waals surface area contributed by atoms with Gasteiger partial charge in [0.2, 0.25) is 0 Å². The van der Waals surface area contributed by atoms with Crippen LogP contribution < -0.4 is 15.5 Å². The third kappa shape index (κ3) is 4.93. The molecule has 0 spiro atoms. The second-order valence-electron chi connectivity index (χ2n) is 8.59. The van der Waals surface area contributed by atoms with Crippen LogP contribution >= 0.6 is 0 Å². The summed E-state index contributed by atoms with van der Waals surface area (Å²) in [5, 5.41) is 6.19. The minimum absolute atomic E-state index is 0.0714. The van der Waals surface area contributed by atoms with Gasteiger partial charge in [-0.15, -0.1) is 0 Å². The van der Waals surface area contributed by atoms with Crippen molar-refractivity contribution in [1.29, 1.82) is 0 Å². The molecule has 5 rings (SSSR count). The van der Waals surface area contributed by atoms with Crippen LogP contribution in [0, 0.1) is 11.8 Å². The molecule has 1 saturated heterocycles. The molecule has 1 fully saturated rings. The fourth-order valence-corrected chi connectivity index (χ4v) is 4.72. The summed E-state index contributed by atoms with van der Waals surface area (Å²) in [5.74, 6) is 6.38. The van der Waals surface area contributed by atoms with Gasteiger partial charge in [-0.2, -0.15) is 0 Å². The van der Waals surface area contributed by atoms with E-state index in [9.17, 15) is 4.79 Å². The molecule has 1 heterocycles. The largest absolute Gasteiger partial charge is 0.449 e. The highest BCUT2D eigenvalue weighted by molar-refractivity contribution is 5.79. The Morgan fingerprint density at radius 2 is 1.59 bits per heavy atom. The van der Waals surface area contributed by atoms with Gasteiger partial charge in [0.05, 0.1) is 0 Å². The van der Waals surface area contributed by atoms with E-state index in [2.05, 4.69) is 75.9 Å². The summed E-state index contributed by atoms with van der Waals surface area (Å²) in [5.41, 5.74) is 7.10. The zero-order valence-corrected chi connectivity index (χ0v) is 19.2. The van der Waals surface area contributed by atoms with Crippen LogP contribution in [0.2, 0.25) is 0 Å². The third-order valence-corrected chi connectivity index (χ3v) is 6.45. The number of alkyl carbamates (subject to hydrolysis) is 1. The molecule has 0 bridgehead atoms. The molecule has 1 amide bonds. The molecule has 2 aliphatic rings. The summed E-state index contributed by atoms with van der Waals surface area (Å²) in [7, 11) is 0. The van der Waals surface area contributed by atoms with Gasteiger partial charge in [-0.25, -0.2) is 4.79 Å². The van der Waals surface area contributed by atoms with Crippen molar-refractivity contribution in [2.24, 2.45) is 0 Å². The SMILES string of the molecule is O=C(NCCC#Cc1ccc(N2CCNCC2)cc1)OCC1c2ccccc2-c2ccccc21. The lowest BCUT2D eigenvalue weighted by Gasteiger charge is -2.29. The number of ether oxygens (including phenoxy) is 1. The number of carbonyl (C=O) groups excluding carboxylic acids is 1. The second kappa shape index (κ2) is 10.5. The fourth-order valence-electron chi connectivity index (χ4n) is 4.72. The third-order valence-electron chi connectivity index (χ3n) is 6.45. The lowest BCUT2D eigenvalue weighted by molar-refractivity contribution is 0.143. The monoisotopic (exact) mass is 451 g/mol. The first-order valence-electron chi connectivity index (χ1n) is 11.9. The predicted molar refractivity (Wildman–Crippen MR) is 136 cm³/mol. The van der Waals surface area contributed by atoms with E-state index < -0.39 is 6.09 Å². The van der Waals surface area contributed by atoms with E-state index in [0.29, 0.717) is 19.6 Å². The van der Waals surface area contributed by atoms with Crippen molar-refractivity contribution >= 4 is 11.8 Å². The number of piperazine rings is 1. The average Bonchev–Trinajstić information content (AvgIpc) is 3.22. The summed E-state index contributed by atoms with van der Waals surface area (Å²) in [4.78, 5) is 14.6. The minimum Gasteiger partial charge on any atom is -0.449 e. The lowest BCUT2D eigenvalue weighted by Crippen LogP contribution is -2.43. The highest BCUT2D eigenvalue weighted by atomic mass is 16.5. The van der Waals surface area contributed by atoms with Gasteiger partial charge in [-0.1, -0.05) is 60.4 Å². The van der Waals surface area contributed by atoms with Crippen molar-refractivity contribution in [1.82, 2.24) is 10.6 Å². The quantitative estimate of drug-likeness (QED) is 0.447. The molecule has 5 nitrogen and oxygen atoms in total. The predicted octanol–water partition coefficient (Wildman–Crippen LogP) is 4.38. The summed E-state index contributed by atoms with van der Waals surface area (Å²) >= 11 is 0. The number of benzene rings is 3. The summed E-state index contributed by atoms with van der Waals surface area (Å²) in [6, 6.07) is 25.0. The molecule has 0 radical (unpaired) electrons. The Kier molecular flexibility index (Phi) is 6.78. The van der Waals surface area contributed by atoms with Gasteiger partial charge >= 0.3 is 6.09 Å². The van der Waals surface area contributed by atoms with Gasteiger partial charge < -0.3 is 20.3 Å². The number of nitrogens with zero attached hydrogens (tertiary/aromatic N) is 1. The summed E-state index contributed by atoms with van der Waals surface area (Å²) in [6.07, 6.45) is 0.174. The van der Waals surface area contributed by atoms with Crippen LogP contribution in [-0.4, -0.2) is 45.4 Å². The van der Waals surface area contributed by atoms with Crippen LogP contribution in [0.4, 0.5) is 10.5 Å². The Morgan fingerprint density at radius 1 is 0.941 bits per heavy atom. The van der Waals surface area contributed by atoms with Crippen LogP contribution in [0.5, 0.6) is 0 Å². The Hall–Kier alpha value is -3.75. The molecule has 1 aliphatic heterocycles. The molecule has 0 unspecified atom stereocenters. The zero-order valence-electron chi connectivity index (χ0n) is 19.2.